The zero-order valence-corrected chi connectivity index (χ0v) is 20.4. The quantitative estimate of drug-likeness (QED) is 0.434. The third kappa shape index (κ3) is 5.05. The normalized spacial score (nSPS) is 13.0. The van der Waals surface area contributed by atoms with E-state index in [-0.39, 0.29) is 10.8 Å². The fourth-order valence-electron chi connectivity index (χ4n) is 3.59. The third-order valence-corrected chi connectivity index (χ3v) is 7.73. The second-order valence-corrected chi connectivity index (χ2v) is 10.1. The fraction of sp³-hybridized carbons (Fsp3) is 0.208. The van der Waals surface area contributed by atoms with E-state index < -0.39 is 10.0 Å². The van der Waals surface area contributed by atoms with Crippen LogP contribution in [0, 0.1) is 0 Å². The molecule has 33 heavy (non-hydrogen) atoms. The Bertz CT molecular complexity index is 1260. The number of nitrogens with zero attached hydrogens (tertiary/aromatic N) is 1. The maximum absolute atomic E-state index is 13.1. The van der Waals surface area contributed by atoms with Crippen molar-refractivity contribution in [1.29, 1.82) is 0 Å². The Morgan fingerprint density at radius 2 is 1.82 bits per heavy atom. The molecule has 3 aromatic rings. The summed E-state index contributed by atoms with van der Waals surface area (Å²) in [6.07, 6.45) is 0.690. The van der Waals surface area contributed by atoms with Crippen LogP contribution in [0.5, 0.6) is 5.75 Å². The number of rotatable bonds is 8. The van der Waals surface area contributed by atoms with E-state index in [0.29, 0.717) is 47.7 Å². The smallest absolute Gasteiger partial charge is 0.264 e. The summed E-state index contributed by atoms with van der Waals surface area (Å²) in [7, 11) is -2.08. The minimum Gasteiger partial charge on any atom is -0.490 e. The molecule has 1 heterocycles. The van der Waals surface area contributed by atoms with Crippen LogP contribution < -0.4 is 14.4 Å². The van der Waals surface area contributed by atoms with Crippen LogP contribution in [0.4, 0.5) is 11.4 Å². The van der Waals surface area contributed by atoms with E-state index in [0.717, 1.165) is 11.3 Å². The van der Waals surface area contributed by atoms with E-state index >= 15 is 0 Å². The summed E-state index contributed by atoms with van der Waals surface area (Å²) >= 11 is 3.41. The van der Waals surface area contributed by atoms with Gasteiger partial charge in [0.2, 0.25) is 0 Å². The van der Waals surface area contributed by atoms with E-state index in [1.54, 1.807) is 37.4 Å². The van der Waals surface area contributed by atoms with Crippen LogP contribution in [0.3, 0.4) is 0 Å². The maximum atomic E-state index is 13.1. The molecule has 0 aliphatic carbocycles. The molecule has 1 amide bonds. The second kappa shape index (κ2) is 9.94. The number of carbonyl (C=O) groups is 1. The molecule has 0 fully saturated rings. The topological polar surface area (TPSA) is 84.9 Å². The van der Waals surface area contributed by atoms with Gasteiger partial charge in [0.05, 0.1) is 21.7 Å². The lowest BCUT2D eigenvalue weighted by molar-refractivity contribution is 0.102. The number of halogens is 1. The average molecular weight is 531 g/mol. The van der Waals surface area contributed by atoms with Crippen LogP contribution in [0.2, 0.25) is 0 Å². The lowest BCUT2D eigenvalue weighted by Gasteiger charge is -2.19. The van der Waals surface area contributed by atoms with Gasteiger partial charge in [-0.3, -0.25) is 9.10 Å². The Morgan fingerprint density at radius 1 is 1.06 bits per heavy atom. The van der Waals surface area contributed by atoms with Gasteiger partial charge in [0.15, 0.2) is 0 Å². The Hall–Kier alpha value is -2.88. The summed E-state index contributed by atoms with van der Waals surface area (Å²) < 4.78 is 38.9. The highest BCUT2D eigenvalue weighted by atomic mass is 79.9. The number of hydrogen-bond acceptors (Lipinski definition) is 5. The minimum absolute atomic E-state index is 0.178. The third-order valence-electron chi connectivity index (χ3n) is 5.28. The number of benzene rings is 3. The van der Waals surface area contributed by atoms with Gasteiger partial charge in [-0.25, -0.2) is 8.42 Å². The van der Waals surface area contributed by atoms with Gasteiger partial charge in [0, 0.05) is 24.9 Å². The Balaban J connectivity index is 1.45. The molecule has 0 saturated carbocycles. The van der Waals surface area contributed by atoms with E-state index in [1.165, 1.54) is 16.4 Å². The highest BCUT2D eigenvalue weighted by Gasteiger charge is 2.30. The van der Waals surface area contributed by atoms with Crippen LogP contribution in [-0.2, 0) is 21.2 Å². The van der Waals surface area contributed by atoms with Crippen LogP contribution in [0.15, 0.2) is 76.1 Å². The Kier molecular flexibility index (Phi) is 7.02. The largest absolute Gasteiger partial charge is 0.490 e. The fourth-order valence-corrected chi connectivity index (χ4v) is 5.59. The first-order chi connectivity index (χ1) is 15.9. The number of sulfonamides is 1. The predicted molar refractivity (Wildman–Crippen MR) is 131 cm³/mol. The van der Waals surface area contributed by atoms with Gasteiger partial charge in [-0.15, -0.1) is 0 Å². The summed E-state index contributed by atoms with van der Waals surface area (Å²) in [5.74, 6) is 0.296. The van der Waals surface area contributed by atoms with Gasteiger partial charge in [-0.2, -0.15) is 0 Å². The number of anilines is 2. The molecule has 0 saturated heterocycles. The molecule has 0 aromatic heterocycles. The van der Waals surface area contributed by atoms with Gasteiger partial charge in [-0.05, 0) is 76.4 Å². The maximum Gasteiger partial charge on any atom is 0.264 e. The monoisotopic (exact) mass is 530 g/mol. The van der Waals surface area contributed by atoms with Crippen molar-refractivity contribution in [3.8, 4) is 5.75 Å². The predicted octanol–water partition coefficient (Wildman–Crippen LogP) is 4.48. The second-order valence-electron chi connectivity index (χ2n) is 7.42. The molecule has 0 bridgehead atoms. The number of carbonyl (C=O) groups excluding carboxylic acids is 1. The van der Waals surface area contributed by atoms with Crippen LogP contribution in [-0.4, -0.2) is 41.2 Å². The molecule has 0 atom stereocenters. The van der Waals surface area contributed by atoms with Crippen molar-refractivity contribution in [3.05, 3.63) is 82.3 Å². The minimum atomic E-state index is -3.68. The summed E-state index contributed by atoms with van der Waals surface area (Å²) in [6.45, 7) is 1.28. The number of para-hydroxylation sites is 1. The molecule has 0 spiro atoms. The summed E-state index contributed by atoms with van der Waals surface area (Å²) in [6, 6.07) is 18.7. The highest BCUT2D eigenvalue weighted by molar-refractivity contribution is 9.10. The van der Waals surface area contributed by atoms with Crippen LogP contribution in [0.25, 0.3) is 0 Å². The first-order valence-corrected chi connectivity index (χ1v) is 12.6. The molecule has 4 rings (SSSR count). The SMILES string of the molecule is COCCOc1ccc(C(=O)Nc2ccc(S(=O)(=O)N3CCc4ccccc43)cc2)cc1Br. The molecule has 1 aliphatic rings. The molecule has 0 radical (unpaired) electrons. The number of hydrogen-bond donors (Lipinski definition) is 1. The summed E-state index contributed by atoms with van der Waals surface area (Å²) in [5.41, 5.74) is 2.67. The van der Waals surface area contributed by atoms with Gasteiger partial charge in [0.1, 0.15) is 12.4 Å². The molecule has 1 aliphatic heterocycles. The van der Waals surface area contributed by atoms with Crippen molar-refractivity contribution < 1.29 is 22.7 Å². The molecular weight excluding hydrogens is 508 g/mol. The first kappa shape index (κ1) is 23.3. The lowest BCUT2D eigenvalue weighted by atomic mass is 10.2. The van der Waals surface area contributed by atoms with Crippen LogP contribution in [0.1, 0.15) is 15.9 Å². The van der Waals surface area contributed by atoms with Crippen molar-refractivity contribution in [1.82, 2.24) is 0 Å². The molecule has 172 valence electrons. The number of amides is 1. The Labute approximate surface area is 201 Å². The molecular formula is C24H23BrN2O5S. The van der Waals surface area contributed by atoms with E-state index in [2.05, 4.69) is 21.2 Å². The van der Waals surface area contributed by atoms with Crippen LogP contribution >= 0.6 is 15.9 Å². The van der Waals surface area contributed by atoms with Gasteiger partial charge < -0.3 is 14.8 Å². The molecule has 1 N–H and O–H groups in total. The van der Waals surface area contributed by atoms with Crippen molar-refractivity contribution in [2.24, 2.45) is 0 Å². The van der Waals surface area contributed by atoms with Gasteiger partial charge in [-0.1, -0.05) is 18.2 Å². The van der Waals surface area contributed by atoms with Gasteiger partial charge in [0.25, 0.3) is 15.9 Å². The zero-order chi connectivity index (χ0) is 23.4. The Morgan fingerprint density at radius 3 is 2.55 bits per heavy atom. The number of nitrogens with one attached hydrogen (secondary N) is 1. The number of methoxy groups -OCH3 is 1. The van der Waals surface area contributed by atoms with Crippen molar-refractivity contribution in [3.63, 3.8) is 0 Å². The standard InChI is InChI=1S/C24H23BrN2O5S/c1-31-14-15-32-23-11-6-18(16-21(23)25)24(28)26-19-7-9-20(10-8-19)33(29,30)27-13-12-17-4-2-3-5-22(17)27/h2-11,16H,12-15H2,1H3,(H,26,28). The number of ether oxygens (including phenoxy) is 2. The number of fused-ring (bicyclic) bond motifs is 1. The lowest BCUT2D eigenvalue weighted by Crippen LogP contribution is -2.29. The first-order valence-electron chi connectivity index (χ1n) is 10.3. The molecule has 0 unspecified atom stereocenters. The van der Waals surface area contributed by atoms with E-state index in [4.69, 9.17) is 9.47 Å². The molecule has 9 heteroatoms. The molecule has 7 nitrogen and oxygen atoms in total. The summed E-state index contributed by atoms with van der Waals surface area (Å²) in [5, 5.41) is 2.79. The van der Waals surface area contributed by atoms with E-state index in [9.17, 15) is 13.2 Å². The van der Waals surface area contributed by atoms with Gasteiger partial charge >= 0.3 is 0 Å². The van der Waals surface area contributed by atoms with Crippen molar-refractivity contribution in [2.75, 3.05) is 36.5 Å². The van der Waals surface area contributed by atoms with Crippen molar-refractivity contribution in [2.45, 2.75) is 11.3 Å². The average Bonchev–Trinajstić information content (AvgIpc) is 3.26. The van der Waals surface area contributed by atoms with E-state index in [1.807, 2.05) is 24.3 Å². The highest BCUT2D eigenvalue weighted by Crippen LogP contribution is 2.33. The summed E-state index contributed by atoms with van der Waals surface area (Å²) in [4.78, 5) is 12.8. The molecule has 3 aromatic carbocycles. The van der Waals surface area contributed by atoms with Crippen molar-refractivity contribution >= 4 is 43.2 Å². The zero-order valence-electron chi connectivity index (χ0n) is 18.0.